The minimum atomic E-state index is 0.0315. The Labute approximate surface area is 148 Å². The first-order valence-corrected chi connectivity index (χ1v) is 9.48. The van der Waals surface area contributed by atoms with Crippen LogP contribution in [-0.2, 0) is 16.0 Å². The third kappa shape index (κ3) is 3.53. The van der Waals surface area contributed by atoms with Crippen LogP contribution in [0.25, 0.3) is 0 Å². The molecule has 4 rings (SSSR count). The molecular formula is C19H26N4O2. The van der Waals surface area contributed by atoms with Crippen LogP contribution in [-0.4, -0.2) is 56.8 Å². The largest absolute Gasteiger partial charge is 0.343 e. The van der Waals surface area contributed by atoms with Crippen LogP contribution in [0.2, 0.25) is 0 Å². The molecule has 0 atom stereocenters. The van der Waals surface area contributed by atoms with Gasteiger partial charge in [-0.25, -0.2) is 9.97 Å². The number of rotatable bonds is 5. The van der Waals surface area contributed by atoms with E-state index in [0.717, 1.165) is 50.4 Å². The first-order chi connectivity index (χ1) is 12.2. The van der Waals surface area contributed by atoms with E-state index < -0.39 is 0 Å². The number of nitrogens with zero attached hydrogens (tertiary/aromatic N) is 4. The van der Waals surface area contributed by atoms with Gasteiger partial charge in [-0.15, -0.1) is 0 Å². The van der Waals surface area contributed by atoms with Crippen LogP contribution in [0.5, 0.6) is 0 Å². The van der Waals surface area contributed by atoms with Gasteiger partial charge in [-0.3, -0.25) is 9.59 Å². The predicted octanol–water partition coefficient (Wildman–Crippen LogP) is 1.80. The summed E-state index contributed by atoms with van der Waals surface area (Å²) in [4.78, 5) is 37.0. The van der Waals surface area contributed by atoms with E-state index in [-0.39, 0.29) is 11.4 Å². The molecule has 1 aliphatic carbocycles. The van der Waals surface area contributed by atoms with E-state index in [0.29, 0.717) is 25.2 Å². The first kappa shape index (κ1) is 16.5. The van der Waals surface area contributed by atoms with Crippen molar-refractivity contribution in [3.63, 3.8) is 0 Å². The Hall–Kier alpha value is -1.98. The second kappa shape index (κ2) is 6.73. The Kier molecular flexibility index (Phi) is 4.44. The molecule has 1 aromatic rings. The molecular weight excluding hydrogens is 316 g/mol. The number of piperidine rings is 1. The maximum Gasteiger partial charge on any atom is 0.223 e. The van der Waals surface area contributed by atoms with Crippen molar-refractivity contribution in [3.8, 4) is 0 Å². The maximum absolute atomic E-state index is 12.5. The molecule has 1 saturated carbocycles. The molecule has 1 aromatic heterocycles. The summed E-state index contributed by atoms with van der Waals surface area (Å²) in [5.41, 5.74) is 1.03. The Balaban J connectivity index is 1.31. The third-order valence-corrected chi connectivity index (χ3v) is 6.10. The molecule has 25 heavy (non-hydrogen) atoms. The summed E-state index contributed by atoms with van der Waals surface area (Å²) < 4.78 is 0. The number of carbonyl (C=O) groups excluding carboxylic acids is 2. The predicted molar refractivity (Wildman–Crippen MR) is 92.6 cm³/mol. The molecule has 6 nitrogen and oxygen atoms in total. The normalized spacial score (nSPS) is 22.6. The summed E-state index contributed by atoms with van der Waals surface area (Å²) >= 11 is 0. The highest BCUT2D eigenvalue weighted by Gasteiger charge is 2.48. The number of aryl methyl sites for hydroxylation is 1. The topological polar surface area (TPSA) is 66.4 Å². The van der Waals surface area contributed by atoms with Crippen LogP contribution < -0.4 is 0 Å². The Bertz CT molecular complexity index is 636. The standard InChI is InChI=1S/C19H26N4O2/c24-17(4-3-16-11-20-14-21-12-16)22-9-7-19(8-10-22)6-5-18(25)23(19)13-15-1-2-15/h11-12,14-15H,1-10,13H2. The molecule has 0 unspecified atom stereocenters. The smallest absolute Gasteiger partial charge is 0.223 e. The van der Waals surface area contributed by atoms with Crippen molar-refractivity contribution < 1.29 is 9.59 Å². The Morgan fingerprint density at radius 1 is 1.16 bits per heavy atom. The summed E-state index contributed by atoms with van der Waals surface area (Å²) in [5, 5.41) is 0. The number of amides is 2. The van der Waals surface area contributed by atoms with Crippen molar-refractivity contribution in [2.24, 2.45) is 5.92 Å². The molecule has 0 aromatic carbocycles. The molecule has 0 radical (unpaired) electrons. The fourth-order valence-corrected chi connectivity index (χ4v) is 4.29. The minimum absolute atomic E-state index is 0.0315. The second-order valence-electron chi connectivity index (χ2n) is 7.80. The molecule has 2 aliphatic heterocycles. The Morgan fingerprint density at radius 3 is 2.56 bits per heavy atom. The average Bonchev–Trinajstić information content (AvgIpc) is 3.43. The SMILES string of the molecule is O=C(CCc1cncnc1)N1CCC2(CCC(=O)N2CC2CC2)CC1. The zero-order valence-corrected chi connectivity index (χ0v) is 14.7. The summed E-state index contributed by atoms with van der Waals surface area (Å²) in [6.45, 7) is 2.50. The Morgan fingerprint density at radius 2 is 1.88 bits per heavy atom. The molecule has 2 saturated heterocycles. The highest BCUT2D eigenvalue weighted by atomic mass is 16.2. The zero-order chi connectivity index (χ0) is 17.3. The lowest BCUT2D eigenvalue weighted by molar-refractivity contribution is -0.136. The number of hydrogen-bond acceptors (Lipinski definition) is 4. The van der Waals surface area contributed by atoms with Crippen LogP contribution in [0, 0.1) is 5.92 Å². The first-order valence-electron chi connectivity index (χ1n) is 9.48. The van der Waals surface area contributed by atoms with E-state index >= 15 is 0 Å². The van der Waals surface area contributed by atoms with Crippen LogP contribution in [0.3, 0.4) is 0 Å². The summed E-state index contributed by atoms with van der Waals surface area (Å²) in [6.07, 6.45) is 12.3. The van der Waals surface area contributed by atoms with Gasteiger partial charge in [0.1, 0.15) is 6.33 Å². The lowest BCUT2D eigenvalue weighted by Gasteiger charge is -2.45. The van der Waals surface area contributed by atoms with E-state index in [1.165, 1.54) is 19.2 Å². The third-order valence-electron chi connectivity index (χ3n) is 6.10. The minimum Gasteiger partial charge on any atom is -0.343 e. The van der Waals surface area contributed by atoms with Gasteiger partial charge < -0.3 is 9.80 Å². The van der Waals surface area contributed by atoms with E-state index in [2.05, 4.69) is 14.9 Å². The fourth-order valence-electron chi connectivity index (χ4n) is 4.29. The van der Waals surface area contributed by atoms with Gasteiger partial charge >= 0.3 is 0 Å². The summed E-state index contributed by atoms with van der Waals surface area (Å²) in [7, 11) is 0. The quantitative estimate of drug-likeness (QED) is 0.818. The van der Waals surface area contributed by atoms with E-state index in [9.17, 15) is 9.59 Å². The molecule has 0 N–H and O–H groups in total. The van der Waals surface area contributed by atoms with Gasteiger partial charge in [0.05, 0.1) is 0 Å². The summed E-state index contributed by atoms with van der Waals surface area (Å²) in [6, 6.07) is 0. The molecule has 134 valence electrons. The van der Waals surface area contributed by atoms with E-state index in [1.807, 2.05) is 4.90 Å². The fraction of sp³-hybridized carbons (Fsp3) is 0.684. The van der Waals surface area contributed by atoms with Crippen molar-refractivity contribution in [2.45, 2.75) is 56.9 Å². The van der Waals surface area contributed by atoms with Gasteiger partial charge in [0.25, 0.3) is 0 Å². The van der Waals surface area contributed by atoms with E-state index in [4.69, 9.17) is 0 Å². The number of aromatic nitrogens is 2. The lowest BCUT2D eigenvalue weighted by Crippen LogP contribution is -2.54. The van der Waals surface area contributed by atoms with Crippen LogP contribution in [0.1, 0.15) is 50.5 Å². The maximum atomic E-state index is 12.5. The zero-order valence-electron chi connectivity index (χ0n) is 14.7. The summed E-state index contributed by atoms with van der Waals surface area (Å²) in [5.74, 6) is 1.26. The van der Waals surface area contributed by atoms with Gasteiger partial charge in [0, 0.05) is 50.4 Å². The van der Waals surface area contributed by atoms with Gasteiger partial charge in [-0.1, -0.05) is 0 Å². The van der Waals surface area contributed by atoms with Gasteiger partial charge in [-0.05, 0) is 50.0 Å². The monoisotopic (exact) mass is 342 g/mol. The molecule has 3 heterocycles. The van der Waals surface area contributed by atoms with E-state index in [1.54, 1.807) is 12.4 Å². The van der Waals surface area contributed by atoms with Gasteiger partial charge in [0.15, 0.2) is 0 Å². The molecule has 3 fully saturated rings. The van der Waals surface area contributed by atoms with Crippen LogP contribution >= 0.6 is 0 Å². The van der Waals surface area contributed by atoms with Crippen molar-refractivity contribution in [3.05, 3.63) is 24.3 Å². The van der Waals surface area contributed by atoms with Gasteiger partial charge in [0.2, 0.25) is 11.8 Å². The number of hydrogen-bond donors (Lipinski definition) is 0. The number of likely N-dealkylation sites (tertiary alicyclic amines) is 2. The molecule has 2 amide bonds. The second-order valence-corrected chi connectivity index (χ2v) is 7.80. The number of carbonyl (C=O) groups is 2. The van der Waals surface area contributed by atoms with Gasteiger partial charge in [-0.2, -0.15) is 0 Å². The van der Waals surface area contributed by atoms with Crippen molar-refractivity contribution in [2.75, 3.05) is 19.6 Å². The highest BCUT2D eigenvalue weighted by Crippen LogP contribution is 2.42. The van der Waals surface area contributed by atoms with Crippen molar-refractivity contribution in [1.29, 1.82) is 0 Å². The van der Waals surface area contributed by atoms with Crippen molar-refractivity contribution >= 4 is 11.8 Å². The molecule has 6 heteroatoms. The van der Waals surface area contributed by atoms with Crippen LogP contribution in [0.15, 0.2) is 18.7 Å². The lowest BCUT2D eigenvalue weighted by atomic mass is 9.84. The average molecular weight is 342 g/mol. The van der Waals surface area contributed by atoms with Crippen LogP contribution in [0.4, 0.5) is 0 Å². The molecule has 3 aliphatic rings. The molecule has 1 spiro atoms. The molecule has 0 bridgehead atoms. The highest BCUT2D eigenvalue weighted by molar-refractivity contribution is 5.80. The van der Waals surface area contributed by atoms with Crippen molar-refractivity contribution in [1.82, 2.24) is 19.8 Å².